The van der Waals surface area contributed by atoms with Gasteiger partial charge in [0, 0.05) is 0 Å². The Kier molecular flexibility index (Phi) is 12.5. The third kappa shape index (κ3) is 8.56. The van der Waals surface area contributed by atoms with Gasteiger partial charge in [0.25, 0.3) is 0 Å². The zero-order valence-corrected chi connectivity index (χ0v) is 32.1. The van der Waals surface area contributed by atoms with Crippen molar-refractivity contribution in [2.45, 2.75) is 0 Å². The number of para-hydroxylation sites is 1. The number of methoxy groups -OCH3 is 4. The van der Waals surface area contributed by atoms with Gasteiger partial charge in [-0.1, -0.05) is 0 Å². The molecule has 0 aromatic heterocycles. The standard InChI is InChI=1S/C45H39N2O4.ClH.Pd/c1-48-36-22-14-31(15-23-36)30-41(32-16-24-37(49-2)25-17-32)44(34-20-28-39(51-4)29-21-34)43(33-18-26-38(50-3)27-19-33)40-12-8-9-13-42(40)47-45(46)35-10-6-5-7-11-35;;/h5-29H,1-4H3,(H2,46,47);1H;/q;;+1/p-1/b41-30?,44-43-;;. The Morgan fingerprint density at radius 3 is 1.36 bits per heavy atom. The maximum absolute atomic E-state index is 7.10. The van der Waals surface area contributed by atoms with Crippen LogP contribution < -0.4 is 24.7 Å². The van der Waals surface area contributed by atoms with Gasteiger partial charge in [-0.3, -0.25) is 0 Å². The van der Waals surface area contributed by atoms with E-state index in [-0.39, 0.29) is 17.0 Å². The zero-order valence-electron chi connectivity index (χ0n) is 29.8. The summed E-state index contributed by atoms with van der Waals surface area (Å²) in [6.45, 7) is 0. The summed E-state index contributed by atoms with van der Waals surface area (Å²) in [6.07, 6.45) is 0. The first kappa shape index (κ1) is 37.2. The summed E-state index contributed by atoms with van der Waals surface area (Å²) in [5, 5.41) is 0. The topological polar surface area (TPSA) is 75.3 Å². The Morgan fingerprint density at radius 2 is 0.887 bits per heavy atom. The molecule has 0 aliphatic carbocycles. The summed E-state index contributed by atoms with van der Waals surface area (Å²) in [4.78, 5) is 5.06. The number of nitrogens with two attached hydrogens (primary N) is 1. The molecule has 270 valence electrons. The number of amidine groups is 1. The monoisotopic (exact) mass is 812 g/mol. The molecular formula is C45H39ClN2O4Pd. The van der Waals surface area contributed by atoms with Crippen molar-refractivity contribution in [3.63, 3.8) is 0 Å². The predicted octanol–water partition coefficient (Wildman–Crippen LogP) is 10.5. The Balaban J connectivity index is 1.80. The molecule has 0 radical (unpaired) electrons. The molecule has 6 aromatic carbocycles. The molecule has 0 aliphatic heterocycles. The molecule has 6 nitrogen and oxygen atoms in total. The second-order valence-electron chi connectivity index (χ2n) is 11.8. The van der Waals surface area contributed by atoms with Crippen LogP contribution in [0.15, 0.2) is 157 Å². The summed E-state index contributed by atoms with van der Waals surface area (Å²) in [6, 6.07) is 50.2. The molecule has 0 atom stereocenters. The third-order valence-electron chi connectivity index (χ3n) is 8.71. The van der Waals surface area contributed by atoms with Gasteiger partial charge in [-0.2, -0.15) is 0 Å². The second kappa shape index (κ2) is 17.8. The minimum absolute atomic E-state index is 0.356. The fourth-order valence-electron chi connectivity index (χ4n) is 6.01. The average molecular weight is 814 g/mol. The van der Waals surface area contributed by atoms with Crippen LogP contribution in [0.2, 0.25) is 0 Å². The quantitative estimate of drug-likeness (QED) is 0.0413. The van der Waals surface area contributed by atoms with Gasteiger partial charge in [-0.15, -0.1) is 0 Å². The number of hydrogen-bond acceptors (Lipinski definition) is 5. The Labute approximate surface area is 323 Å². The van der Waals surface area contributed by atoms with Crippen LogP contribution in [0.5, 0.6) is 23.0 Å². The van der Waals surface area contributed by atoms with E-state index in [0.717, 1.165) is 77.1 Å². The number of benzene rings is 6. The number of allylic oxidation sites excluding steroid dienone is 2. The molecule has 0 bridgehead atoms. The molecule has 0 unspecified atom stereocenters. The van der Waals surface area contributed by atoms with Crippen LogP contribution in [0.25, 0.3) is 20.8 Å². The molecule has 0 fully saturated rings. The van der Waals surface area contributed by atoms with Crippen molar-refractivity contribution in [1.29, 1.82) is 0 Å². The normalized spacial score (nSPS) is 12.4. The molecule has 0 amide bonds. The van der Waals surface area contributed by atoms with E-state index in [1.54, 1.807) is 28.4 Å². The van der Waals surface area contributed by atoms with Gasteiger partial charge in [0.2, 0.25) is 0 Å². The Hall–Kier alpha value is -5.58. The maximum atomic E-state index is 7.10. The number of aliphatic imine (C=N–C) groups is 1. The van der Waals surface area contributed by atoms with Crippen LogP contribution in [0.1, 0.15) is 33.4 Å². The van der Waals surface area contributed by atoms with Crippen LogP contribution in [-0.4, -0.2) is 34.3 Å². The second-order valence-corrected chi connectivity index (χ2v) is 13.5. The van der Waals surface area contributed by atoms with E-state index in [1.807, 2.05) is 97.1 Å². The molecule has 0 heterocycles. The van der Waals surface area contributed by atoms with Crippen molar-refractivity contribution in [2.75, 3.05) is 28.4 Å². The molecule has 2 N–H and O–H groups in total. The number of ether oxygens (including phenoxy) is 4. The van der Waals surface area contributed by atoms with E-state index in [1.165, 1.54) is 0 Å². The van der Waals surface area contributed by atoms with Crippen molar-refractivity contribution < 1.29 is 35.9 Å². The van der Waals surface area contributed by atoms with Gasteiger partial charge in [-0.25, -0.2) is 0 Å². The first-order valence-electron chi connectivity index (χ1n) is 16.7. The molecule has 0 saturated heterocycles. The fourth-order valence-corrected chi connectivity index (χ4v) is 7.76. The molecule has 8 heteroatoms. The van der Waals surface area contributed by atoms with Gasteiger partial charge in [-0.05, 0) is 0 Å². The van der Waals surface area contributed by atoms with Crippen molar-refractivity contribution in [3.8, 4) is 23.0 Å². The predicted molar refractivity (Wildman–Crippen MR) is 214 cm³/mol. The van der Waals surface area contributed by atoms with E-state index in [0.29, 0.717) is 11.5 Å². The average Bonchev–Trinajstić information content (AvgIpc) is 3.23. The summed E-state index contributed by atoms with van der Waals surface area (Å²) >= 11 is -0.356. The number of nitrogens with zero attached hydrogens (tertiary/aromatic N) is 1. The number of halogens is 1. The summed E-state index contributed by atoms with van der Waals surface area (Å²) in [5.41, 5.74) is 15.7. The molecule has 0 spiro atoms. The van der Waals surface area contributed by atoms with Crippen LogP contribution in [-0.2, 0) is 17.0 Å². The van der Waals surface area contributed by atoms with Gasteiger partial charge in [0.1, 0.15) is 0 Å². The molecular weight excluding hydrogens is 774 g/mol. The van der Waals surface area contributed by atoms with Gasteiger partial charge < -0.3 is 0 Å². The zero-order chi connectivity index (χ0) is 37.2. The van der Waals surface area contributed by atoms with E-state index in [4.69, 9.17) is 39.2 Å². The molecule has 53 heavy (non-hydrogen) atoms. The first-order chi connectivity index (χ1) is 26.0. The van der Waals surface area contributed by atoms with Gasteiger partial charge >= 0.3 is 325 Å². The Morgan fingerprint density at radius 1 is 0.472 bits per heavy atom. The fraction of sp³-hybridized carbons (Fsp3) is 0.0889. The number of rotatable bonds is 13. The summed E-state index contributed by atoms with van der Waals surface area (Å²) in [7, 11) is 13.8. The molecule has 0 saturated carbocycles. The molecule has 0 aliphatic rings. The van der Waals surface area contributed by atoms with Crippen molar-refractivity contribution in [3.05, 3.63) is 185 Å². The van der Waals surface area contributed by atoms with E-state index in [9.17, 15) is 0 Å². The SMILES string of the molecule is COc1ccc(/[C]([Pd][Cl])=C(/C(=C(/c2ccc(OC)cc2)c2ccccc2/N=C(\N)c2ccccc2)c2ccc(OC)cc2)c2ccc(OC)cc2)cc1. The summed E-state index contributed by atoms with van der Waals surface area (Å²) in [5.74, 6) is 3.40. The van der Waals surface area contributed by atoms with E-state index < -0.39 is 0 Å². The van der Waals surface area contributed by atoms with Crippen molar-refractivity contribution in [1.82, 2.24) is 0 Å². The Bertz CT molecular complexity index is 2230. The number of hydrogen-bond donors (Lipinski definition) is 1. The van der Waals surface area contributed by atoms with Crippen molar-refractivity contribution in [2.24, 2.45) is 10.7 Å². The third-order valence-corrected chi connectivity index (χ3v) is 10.5. The van der Waals surface area contributed by atoms with Crippen molar-refractivity contribution >= 4 is 41.8 Å². The van der Waals surface area contributed by atoms with Crippen LogP contribution >= 0.6 is 9.53 Å². The summed E-state index contributed by atoms with van der Waals surface area (Å²) < 4.78 is 23.3. The van der Waals surface area contributed by atoms with Crippen LogP contribution in [0.4, 0.5) is 5.69 Å². The van der Waals surface area contributed by atoms with Crippen LogP contribution in [0.3, 0.4) is 0 Å². The molecule has 6 aromatic rings. The van der Waals surface area contributed by atoms with Crippen LogP contribution in [0, 0.1) is 0 Å². The molecule has 6 rings (SSSR count). The van der Waals surface area contributed by atoms with E-state index >= 15 is 0 Å². The van der Waals surface area contributed by atoms with E-state index in [2.05, 4.69) is 54.6 Å². The minimum atomic E-state index is -0.356. The first-order valence-corrected chi connectivity index (χ1v) is 19.5. The van der Waals surface area contributed by atoms with Gasteiger partial charge in [0.05, 0.1) is 0 Å². The van der Waals surface area contributed by atoms with Gasteiger partial charge in [0.15, 0.2) is 0 Å².